The summed E-state index contributed by atoms with van der Waals surface area (Å²) < 4.78 is 11.8. The van der Waals surface area contributed by atoms with Gasteiger partial charge in [-0.1, -0.05) is 53.0 Å². The van der Waals surface area contributed by atoms with E-state index in [0.717, 1.165) is 21.6 Å². The molecule has 0 aliphatic heterocycles. The van der Waals surface area contributed by atoms with Crippen molar-refractivity contribution in [3.8, 4) is 17.4 Å². The number of benzene rings is 3. The van der Waals surface area contributed by atoms with Crippen LogP contribution in [0.5, 0.6) is 17.4 Å². The number of ether oxygens (including phenoxy) is 2. The van der Waals surface area contributed by atoms with Crippen LogP contribution in [0.15, 0.2) is 60.8 Å². The molecule has 0 spiro atoms. The highest BCUT2D eigenvalue weighted by molar-refractivity contribution is 7.64. The maximum Gasteiger partial charge on any atom is 0.323 e. The van der Waals surface area contributed by atoms with E-state index in [1.54, 1.807) is 26.4 Å². The van der Waals surface area contributed by atoms with Crippen LogP contribution in [0, 0.1) is 0 Å². The van der Waals surface area contributed by atoms with Crippen molar-refractivity contribution >= 4 is 47.4 Å². The first kappa shape index (κ1) is 27.1. The summed E-state index contributed by atoms with van der Waals surface area (Å²) in [5.41, 5.74) is 2.36. The highest BCUT2D eigenvalue weighted by atomic mass is 31.1. The van der Waals surface area contributed by atoms with Crippen LogP contribution in [0.25, 0.3) is 10.8 Å². The number of anilines is 3. The number of carbonyl (C=O) groups excluding carboxylic acids is 1. The maximum absolute atomic E-state index is 13.3. The van der Waals surface area contributed by atoms with E-state index in [9.17, 15) is 4.79 Å². The second-order valence-electron chi connectivity index (χ2n) is 10.0. The van der Waals surface area contributed by atoms with Crippen molar-refractivity contribution in [1.29, 1.82) is 0 Å². The Morgan fingerprint density at radius 3 is 2.32 bits per heavy atom. The summed E-state index contributed by atoms with van der Waals surface area (Å²) in [5.74, 6) is 2.20. The van der Waals surface area contributed by atoms with E-state index >= 15 is 0 Å². The van der Waals surface area contributed by atoms with Gasteiger partial charge >= 0.3 is 6.03 Å². The van der Waals surface area contributed by atoms with Crippen LogP contribution in [-0.4, -0.2) is 43.5 Å². The Morgan fingerprint density at radius 1 is 0.947 bits per heavy atom. The lowest BCUT2D eigenvalue weighted by atomic mass is 9.86. The molecule has 0 saturated heterocycles. The molecule has 38 heavy (non-hydrogen) atoms. The molecule has 0 aliphatic rings. The van der Waals surface area contributed by atoms with Gasteiger partial charge in [-0.3, -0.25) is 0 Å². The van der Waals surface area contributed by atoms with Gasteiger partial charge in [0.15, 0.2) is 0 Å². The van der Waals surface area contributed by atoms with E-state index in [2.05, 4.69) is 66.1 Å². The van der Waals surface area contributed by atoms with Crippen molar-refractivity contribution in [3.05, 3.63) is 66.4 Å². The number of amides is 2. The smallest absolute Gasteiger partial charge is 0.323 e. The SMILES string of the molecule is CNc1nccc(Oc2ccc(NC(=O)Nc3cc(C(C)(C)C)cc(P(C)C)c3OC)c3ccccc23)n1. The topological polar surface area (TPSA) is 97.4 Å². The molecule has 1 heterocycles. The normalized spacial score (nSPS) is 11.4. The van der Waals surface area contributed by atoms with Gasteiger partial charge < -0.3 is 25.4 Å². The predicted octanol–water partition coefficient (Wildman–Crippen LogP) is 6.78. The number of fused-ring (bicyclic) bond motifs is 1. The van der Waals surface area contributed by atoms with Gasteiger partial charge in [0.05, 0.1) is 18.5 Å². The fourth-order valence-electron chi connectivity index (χ4n) is 4.06. The summed E-state index contributed by atoms with van der Waals surface area (Å²) in [6.07, 6.45) is 1.63. The third-order valence-corrected chi connectivity index (χ3v) is 7.37. The number of hydrogen-bond acceptors (Lipinski definition) is 6. The number of hydrogen-bond donors (Lipinski definition) is 3. The molecule has 4 aromatic rings. The van der Waals surface area contributed by atoms with Gasteiger partial charge in [0.25, 0.3) is 0 Å². The zero-order valence-electron chi connectivity index (χ0n) is 22.8. The molecule has 3 aromatic carbocycles. The second kappa shape index (κ2) is 11.2. The monoisotopic (exact) mass is 531 g/mol. The summed E-state index contributed by atoms with van der Waals surface area (Å²) in [4.78, 5) is 21.7. The van der Waals surface area contributed by atoms with Gasteiger partial charge in [0, 0.05) is 35.4 Å². The molecule has 198 valence electrons. The molecule has 1 aromatic heterocycles. The minimum atomic E-state index is -0.450. The molecular formula is C29H34N5O3P. The molecule has 4 rings (SSSR count). The quantitative estimate of drug-likeness (QED) is 0.228. The number of nitrogens with one attached hydrogen (secondary N) is 3. The summed E-state index contributed by atoms with van der Waals surface area (Å²) in [5, 5.41) is 11.7. The van der Waals surface area contributed by atoms with E-state index in [-0.39, 0.29) is 11.4 Å². The number of nitrogens with zero attached hydrogens (tertiary/aromatic N) is 2. The van der Waals surface area contributed by atoms with Gasteiger partial charge in [-0.15, -0.1) is 0 Å². The lowest BCUT2D eigenvalue weighted by Gasteiger charge is -2.25. The Hall–Kier alpha value is -3.90. The van der Waals surface area contributed by atoms with Crippen LogP contribution in [0.3, 0.4) is 0 Å². The Morgan fingerprint density at radius 2 is 1.66 bits per heavy atom. The molecule has 0 radical (unpaired) electrons. The lowest BCUT2D eigenvalue weighted by Crippen LogP contribution is -2.23. The third kappa shape index (κ3) is 5.97. The zero-order valence-corrected chi connectivity index (χ0v) is 23.7. The predicted molar refractivity (Wildman–Crippen MR) is 158 cm³/mol. The number of carbonyl (C=O) groups is 1. The minimum Gasteiger partial charge on any atom is -0.494 e. The van der Waals surface area contributed by atoms with Crippen LogP contribution >= 0.6 is 7.92 Å². The Labute approximate surface area is 224 Å². The molecule has 0 aliphatic carbocycles. The summed E-state index contributed by atoms with van der Waals surface area (Å²) >= 11 is 0. The summed E-state index contributed by atoms with van der Waals surface area (Å²) in [7, 11) is 2.94. The molecule has 3 N–H and O–H groups in total. The number of rotatable bonds is 7. The zero-order chi connectivity index (χ0) is 27.4. The van der Waals surface area contributed by atoms with E-state index in [1.807, 2.05) is 42.5 Å². The van der Waals surface area contributed by atoms with Crippen molar-refractivity contribution in [2.24, 2.45) is 0 Å². The highest BCUT2D eigenvalue weighted by Crippen LogP contribution is 2.39. The van der Waals surface area contributed by atoms with Gasteiger partial charge in [0.2, 0.25) is 11.8 Å². The first-order valence-corrected chi connectivity index (χ1v) is 14.5. The molecule has 0 atom stereocenters. The number of urea groups is 1. The minimum absolute atomic E-state index is 0.0804. The van der Waals surface area contributed by atoms with Gasteiger partial charge in [-0.2, -0.15) is 4.98 Å². The van der Waals surface area contributed by atoms with Crippen molar-refractivity contribution < 1.29 is 14.3 Å². The first-order chi connectivity index (χ1) is 18.1. The van der Waals surface area contributed by atoms with E-state index < -0.39 is 7.92 Å². The molecule has 0 fully saturated rings. The summed E-state index contributed by atoms with van der Waals surface area (Å²) in [6.45, 7) is 10.8. The molecule has 2 amide bonds. The van der Waals surface area contributed by atoms with Crippen LogP contribution in [0.2, 0.25) is 0 Å². The van der Waals surface area contributed by atoms with E-state index in [4.69, 9.17) is 9.47 Å². The van der Waals surface area contributed by atoms with Gasteiger partial charge in [-0.05, 0) is 48.6 Å². The largest absolute Gasteiger partial charge is 0.494 e. The second-order valence-corrected chi connectivity index (χ2v) is 12.3. The highest BCUT2D eigenvalue weighted by Gasteiger charge is 2.22. The maximum atomic E-state index is 13.3. The summed E-state index contributed by atoms with van der Waals surface area (Å²) in [6, 6.07) is 16.9. The average Bonchev–Trinajstić information content (AvgIpc) is 2.89. The van der Waals surface area contributed by atoms with Crippen LogP contribution in [0.4, 0.5) is 22.1 Å². The lowest BCUT2D eigenvalue weighted by molar-refractivity contribution is 0.262. The fourth-order valence-corrected chi connectivity index (χ4v) is 5.08. The van der Waals surface area contributed by atoms with Gasteiger partial charge in [-0.25, -0.2) is 9.78 Å². The van der Waals surface area contributed by atoms with Crippen molar-refractivity contribution in [2.75, 3.05) is 43.4 Å². The van der Waals surface area contributed by atoms with Crippen LogP contribution < -0.4 is 30.7 Å². The molecular weight excluding hydrogens is 497 g/mol. The van der Waals surface area contributed by atoms with Crippen molar-refractivity contribution in [3.63, 3.8) is 0 Å². The Balaban J connectivity index is 1.64. The fraction of sp³-hybridized carbons (Fsp3) is 0.276. The molecule has 8 nitrogen and oxygen atoms in total. The molecule has 0 bridgehead atoms. The molecule has 9 heteroatoms. The van der Waals surface area contributed by atoms with E-state index in [0.29, 0.717) is 34.7 Å². The molecule has 0 saturated carbocycles. The van der Waals surface area contributed by atoms with Crippen molar-refractivity contribution in [2.45, 2.75) is 26.2 Å². The first-order valence-electron chi connectivity index (χ1n) is 12.3. The third-order valence-electron chi connectivity index (χ3n) is 6.07. The number of methoxy groups -OCH3 is 1. The van der Waals surface area contributed by atoms with E-state index in [1.165, 1.54) is 0 Å². The van der Waals surface area contributed by atoms with Crippen LogP contribution in [0.1, 0.15) is 26.3 Å². The van der Waals surface area contributed by atoms with Gasteiger partial charge in [0.1, 0.15) is 11.5 Å². The number of aromatic nitrogens is 2. The standard InChI is InChI=1S/C29H34N5O3P/c1-29(2,3)18-16-22(26(36-5)24(17-18)38(6)7)33-28(35)32-21-12-13-23(20-11-9-8-10-19(20)21)37-25-14-15-31-27(30-4)34-25/h8-17H,1-7H3,(H,30,31,34)(H2,32,33,35). The molecule has 0 unspecified atom stereocenters. The van der Waals surface area contributed by atoms with Crippen LogP contribution in [-0.2, 0) is 5.41 Å². The van der Waals surface area contributed by atoms with Crippen molar-refractivity contribution in [1.82, 2.24) is 9.97 Å². The Kier molecular flexibility index (Phi) is 8.02. The Bertz CT molecular complexity index is 1470. The average molecular weight is 532 g/mol.